The van der Waals surface area contributed by atoms with Gasteiger partial charge < -0.3 is 4.74 Å². The molecule has 190 valence electrons. The molecule has 0 amide bonds. The van der Waals surface area contributed by atoms with Crippen molar-refractivity contribution in [1.82, 2.24) is 0 Å². The summed E-state index contributed by atoms with van der Waals surface area (Å²) in [5, 5.41) is 0. The molecule has 0 saturated heterocycles. The van der Waals surface area contributed by atoms with Gasteiger partial charge in [-0.05, 0) is 42.4 Å². The van der Waals surface area contributed by atoms with Crippen LogP contribution in [0.2, 0.25) is 0 Å². The number of rotatable bonds is 15. The average molecular weight is 481 g/mol. The first-order chi connectivity index (χ1) is 17.8. The van der Waals surface area contributed by atoms with Crippen molar-refractivity contribution in [2.75, 3.05) is 6.61 Å². The molecule has 1 aliphatic carbocycles. The van der Waals surface area contributed by atoms with Crippen LogP contribution < -0.4 is 0 Å². The highest BCUT2D eigenvalue weighted by molar-refractivity contribution is 5.47. The van der Waals surface area contributed by atoms with E-state index in [1.807, 2.05) is 0 Å². The van der Waals surface area contributed by atoms with E-state index in [-0.39, 0.29) is 0 Å². The van der Waals surface area contributed by atoms with Crippen LogP contribution in [-0.4, -0.2) is 6.61 Å². The summed E-state index contributed by atoms with van der Waals surface area (Å²) in [6.45, 7) is 3.03. The van der Waals surface area contributed by atoms with E-state index in [1.54, 1.807) is 5.57 Å². The summed E-state index contributed by atoms with van der Waals surface area (Å²) >= 11 is 0. The zero-order valence-corrected chi connectivity index (χ0v) is 22.2. The largest absolute Gasteiger partial charge is 0.360 e. The first-order valence-corrected chi connectivity index (χ1v) is 14.3. The molecule has 36 heavy (non-hydrogen) atoms. The van der Waals surface area contributed by atoms with Crippen LogP contribution in [0.1, 0.15) is 94.2 Å². The maximum Gasteiger partial charge on any atom is 0.143 e. The summed E-state index contributed by atoms with van der Waals surface area (Å²) in [6, 6.07) is 32.2. The summed E-state index contributed by atoms with van der Waals surface area (Å²) < 4.78 is 7.07. The number of allylic oxidation sites excluding steroid dienone is 1. The SMILES string of the molecule is CCCCCCCCCCC1=CC(COC(c2ccccc2)(c2ccccc2)c2ccccc2)CC1. The Hall–Kier alpha value is -2.64. The third-order valence-electron chi connectivity index (χ3n) is 7.71. The van der Waals surface area contributed by atoms with E-state index < -0.39 is 5.60 Å². The summed E-state index contributed by atoms with van der Waals surface area (Å²) in [4.78, 5) is 0. The van der Waals surface area contributed by atoms with Gasteiger partial charge in [0.05, 0.1) is 6.61 Å². The minimum Gasteiger partial charge on any atom is -0.360 e. The maximum atomic E-state index is 7.07. The maximum absolute atomic E-state index is 7.07. The molecular weight excluding hydrogens is 436 g/mol. The Morgan fingerprint density at radius 3 is 1.61 bits per heavy atom. The van der Waals surface area contributed by atoms with Crippen molar-refractivity contribution in [1.29, 1.82) is 0 Å². The van der Waals surface area contributed by atoms with Crippen molar-refractivity contribution in [2.24, 2.45) is 5.92 Å². The number of unbranched alkanes of at least 4 members (excludes halogenated alkanes) is 7. The second-order valence-corrected chi connectivity index (χ2v) is 10.4. The Morgan fingerprint density at radius 2 is 1.11 bits per heavy atom. The van der Waals surface area contributed by atoms with Crippen LogP contribution in [0, 0.1) is 5.92 Å². The van der Waals surface area contributed by atoms with Gasteiger partial charge in [-0.1, -0.05) is 155 Å². The number of ether oxygens (including phenoxy) is 1. The summed E-state index contributed by atoms with van der Waals surface area (Å²) in [6.07, 6.45) is 17.4. The molecule has 0 aliphatic heterocycles. The molecule has 0 saturated carbocycles. The zero-order chi connectivity index (χ0) is 24.9. The fourth-order valence-corrected chi connectivity index (χ4v) is 5.70. The molecule has 1 atom stereocenters. The van der Waals surface area contributed by atoms with Gasteiger partial charge in [-0.2, -0.15) is 0 Å². The Kier molecular flexibility index (Phi) is 10.4. The zero-order valence-electron chi connectivity index (χ0n) is 22.2. The minimum absolute atomic E-state index is 0.490. The van der Waals surface area contributed by atoms with Crippen molar-refractivity contribution in [2.45, 2.75) is 83.2 Å². The normalized spacial score (nSPS) is 15.7. The van der Waals surface area contributed by atoms with Crippen LogP contribution in [-0.2, 0) is 10.3 Å². The molecule has 0 N–H and O–H groups in total. The Balaban J connectivity index is 1.43. The average Bonchev–Trinajstić information content (AvgIpc) is 3.40. The van der Waals surface area contributed by atoms with Crippen LogP contribution in [0.25, 0.3) is 0 Å². The Morgan fingerprint density at radius 1 is 0.639 bits per heavy atom. The summed E-state index contributed by atoms with van der Waals surface area (Å²) in [5.74, 6) is 0.490. The lowest BCUT2D eigenvalue weighted by Crippen LogP contribution is -2.34. The molecule has 0 heterocycles. The summed E-state index contributed by atoms with van der Waals surface area (Å²) in [7, 11) is 0. The number of hydrogen-bond acceptors (Lipinski definition) is 1. The van der Waals surface area contributed by atoms with E-state index in [2.05, 4.69) is 104 Å². The van der Waals surface area contributed by atoms with Crippen LogP contribution in [0.5, 0.6) is 0 Å². The first kappa shape index (κ1) is 26.4. The van der Waals surface area contributed by atoms with Gasteiger partial charge in [0.15, 0.2) is 0 Å². The molecule has 1 unspecified atom stereocenters. The molecule has 0 bridgehead atoms. The fraction of sp³-hybridized carbons (Fsp3) is 0.429. The molecular formula is C35H44O. The van der Waals surface area contributed by atoms with E-state index in [4.69, 9.17) is 4.74 Å². The molecule has 0 aromatic heterocycles. The van der Waals surface area contributed by atoms with Gasteiger partial charge in [0.1, 0.15) is 5.60 Å². The van der Waals surface area contributed by atoms with Crippen LogP contribution in [0.4, 0.5) is 0 Å². The van der Waals surface area contributed by atoms with Crippen LogP contribution in [0.15, 0.2) is 103 Å². The quantitative estimate of drug-likeness (QED) is 0.119. The van der Waals surface area contributed by atoms with Gasteiger partial charge in [0.2, 0.25) is 0 Å². The third kappa shape index (κ3) is 6.98. The monoisotopic (exact) mass is 480 g/mol. The van der Waals surface area contributed by atoms with Crippen molar-refractivity contribution in [3.63, 3.8) is 0 Å². The molecule has 3 aromatic rings. The number of benzene rings is 3. The Bertz CT molecular complexity index is 925. The van der Waals surface area contributed by atoms with Crippen molar-refractivity contribution in [3.8, 4) is 0 Å². The Labute approximate surface area is 219 Å². The third-order valence-corrected chi connectivity index (χ3v) is 7.71. The lowest BCUT2D eigenvalue weighted by molar-refractivity contribution is -0.000642. The summed E-state index contributed by atoms with van der Waals surface area (Å²) in [5.41, 5.74) is 4.59. The molecule has 3 aromatic carbocycles. The number of hydrogen-bond donors (Lipinski definition) is 0. The van der Waals surface area contributed by atoms with Gasteiger partial charge in [0, 0.05) is 5.92 Å². The molecule has 1 heteroatoms. The smallest absolute Gasteiger partial charge is 0.143 e. The lowest BCUT2D eigenvalue weighted by atomic mass is 9.80. The highest BCUT2D eigenvalue weighted by atomic mass is 16.5. The van der Waals surface area contributed by atoms with Crippen molar-refractivity contribution >= 4 is 0 Å². The first-order valence-electron chi connectivity index (χ1n) is 14.3. The predicted molar refractivity (Wildman–Crippen MR) is 153 cm³/mol. The predicted octanol–water partition coefficient (Wildman–Crippen LogP) is 9.86. The van der Waals surface area contributed by atoms with Gasteiger partial charge in [-0.25, -0.2) is 0 Å². The van der Waals surface area contributed by atoms with Gasteiger partial charge in [0.25, 0.3) is 0 Å². The van der Waals surface area contributed by atoms with Gasteiger partial charge in [-0.3, -0.25) is 0 Å². The van der Waals surface area contributed by atoms with Crippen LogP contribution >= 0.6 is 0 Å². The highest BCUT2D eigenvalue weighted by Gasteiger charge is 2.38. The van der Waals surface area contributed by atoms with Gasteiger partial charge >= 0.3 is 0 Å². The fourth-order valence-electron chi connectivity index (χ4n) is 5.70. The topological polar surface area (TPSA) is 9.23 Å². The minimum atomic E-state index is -0.613. The molecule has 0 fully saturated rings. The second-order valence-electron chi connectivity index (χ2n) is 10.4. The van der Waals surface area contributed by atoms with E-state index in [1.165, 1.54) is 87.3 Å². The van der Waals surface area contributed by atoms with Gasteiger partial charge in [-0.15, -0.1) is 0 Å². The molecule has 1 nitrogen and oxygen atoms in total. The van der Waals surface area contributed by atoms with E-state index >= 15 is 0 Å². The second kappa shape index (κ2) is 14.2. The molecule has 0 spiro atoms. The van der Waals surface area contributed by atoms with Crippen molar-refractivity contribution in [3.05, 3.63) is 119 Å². The molecule has 0 radical (unpaired) electrons. The van der Waals surface area contributed by atoms with Crippen LogP contribution in [0.3, 0.4) is 0 Å². The standard InChI is InChI=1S/C35H44O/c1-2-3-4-5-6-7-8-12-19-30-26-27-31(28-30)29-36-35(32-20-13-9-14-21-32,33-22-15-10-16-23-33)34-24-17-11-18-25-34/h9-11,13-18,20-25,28,31H,2-8,12,19,26-27,29H2,1H3. The molecule has 4 rings (SSSR count). The molecule has 1 aliphatic rings. The van der Waals surface area contributed by atoms with E-state index in [0.29, 0.717) is 5.92 Å². The van der Waals surface area contributed by atoms with E-state index in [0.717, 1.165) is 6.61 Å². The lowest BCUT2D eigenvalue weighted by Gasteiger charge is -2.36. The van der Waals surface area contributed by atoms with E-state index in [9.17, 15) is 0 Å². The van der Waals surface area contributed by atoms with Crippen molar-refractivity contribution < 1.29 is 4.74 Å². The highest BCUT2D eigenvalue weighted by Crippen LogP contribution is 2.41.